The largest absolute Gasteiger partial charge is 0.326 e. The average molecular weight is 530 g/mol. The highest BCUT2D eigenvalue weighted by molar-refractivity contribution is 6.53. The van der Waals surface area contributed by atoms with E-state index in [0.29, 0.717) is 27.0 Å². The van der Waals surface area contributed by atoms with E-state index in [4.69, 9.17) is 58.0 Å². The van der Waals surface area contributed by atoms with Crippen LogP contribution in [0, 0.1) is 5.92 Å². The topological polar surface area (TPSA) is 71.1 Å². The van der Waals surface area contributed by atoms with E-state index in [-0.39, 0.29) is 10.6 Å². The summed E-state index contributed by atoms with van der Waals surface area (Å²) in [6.45, 7) is 0. The molecule has 0 spiro atoms. The van der Waals surface area contributed by atoms with Crippen molar-refractivity contribution in [1.29, 1.82) is 0 Å². The zero-order valence-electron chi connectivity index (χ0n) is 16.1. The fourth-order valence-corrected chi connectivity index (χ4v) is 5.03. The molecule has 164 valence electrons. The fraction of sp³-hybridized carbons (Fsp3) is 0.136. The highest BCUT2D eigenvalue weighted by atomic mass is 35.5. The van der Waals surface area contributed by atoms with Crippen molar-refractivity contribution in [2.75, 3.05) is 10.6 Å². The Balaban J connectivity index is 1.51. The molecule has 1 heterocycles. The van der Waals surface area contributed by atoms with Crippen molar-refractivity contribution >= 4 is 81.2 Å². The van der Waals surface area contributed by atoms with Gasteiger partial charge < -0.3 is 10.6 Å². The molecule has 2 amide bonds. The van der Waals surface area contributed by atoms with Gasteiger partial charge in [-0.3, -0.25) is 14.6 Å². The number of pyridine rings is 1. The average Bonchev–Trinajstić information content (AvgIpc) is 3.31. The van der Waals surface area contributed by atoms with Gasteiger partial charge in [0.1, 0.15) is 4.33 Å². The molecule has 2 N–H and O–H groups in total. The van der Waals surface area contributed by atoms with Crippen LogP contribution >= 0.6 is 58.0 Å². The first-order chi connectivity index (χ1) is 15.2. The number of anilines is 2. The van der Waals surface area contributed by atoms with Crippen LogP contribution in [-0.2, 0) is 4.79 Å². The Morgan fingerprint density at radius 3 is 2.16 bits per heavy atom. The lowest BCUT2D eigenvalue weighted by Crippen LogP contribution is -2.18. The van der Waals surface area contributed by atoms with Crippen molar-refractivity contribution in [2.45, 2.75) is 10.3 Å². The molecule has 3 aromatic rings. The number of carbonyl (C=O) groups is 2. The van der Waals surface area contributed by atoms with E-state index >= 15 is 0 Å². The summed E-state index contributed by atoms with van der Waals surface area (Å²) >= 11 is 31.1. The highest BCUT2D eigenvalue weighted by Crippen LogP contribution is 2.65. The summed E-state index contributed by atoms with van der Waals surface area (Å²) in [5.41, 5.74) is 1.79. The van der Waals surface area contributed by atoms with Gasteiger partial charge in [0, 0.05) is 39.7 Å². The molecule has 0 aliphatic heterocycles. The zero-order valence-corrected chi connectivity index (χ0v) is 19.9. The third-order valence-corrected chi connectivity index (χ3v) is 6.70. The van der Waals surface area contributed by atoms with Crippen LogP contribution in [0.5, 0.6) is 0 Å². The van der Waals surface area contributed by atoms with Crippen LogP contribution in [0.3, 0.4) is 0 Å². The molecule has 2 aromatic carbocycles. The number of benzene rings is 2. The van der Waals surface area contributed by atoms with Gasteiger partial charge in [-0.15, -0.1) is 23.2 Å². The molecular weight excluding hydrogens is 516 g/mol. The third-order valence-electron chi connectivity index (χ3n) is 5.00. The molecule has 0 radical (unpaired) electrons. The van der Waals surface area contributed by atoms with E-state index in [1.165, 1.54) is 12.1 Å². The Morgan fingerprint density at radius 2 is 1.50 bits per heavy atom. The number of rotatable bonds is 5. The van der Waals surface area contributed by atoms with Crippen molar-refractivity contribution < 1.29 is 9.59 Å². The number of aromatic nitrogens is 1. The maximum Gasteiger partial charge on any atom is 0.257 e. The molecule has 0 unspecified atom stereocenters. The Morgan fingerprint density at radius 1 is 0.844 bits per heavy atom. The van der Waals surface area contributed by atoms with Crippen molar-refractivity contribution in [3.63, 3.8) is 0 Å². The predicted molar refractivity (Wildman–Crippen MR) is 129 cm³/mol. The first kappa shape index (κ1) is 23.1. The normalized spacial score (nSPS) is 18.7. The first-order valence-corrected chi connectivity index (χ1v) is 11.2. The molecule has 1 aliphatic carbocycles. The molecule has 1 aliphatic rings. The minimum absolute atomic E-state index is 0.193. The molecule has 32 heavy (non-hydrogen) atoms. The van der Waals surface area contributed by atoms with E-state index in [1.807, 2.05) is 0 Å². The van der Waals surface area contributed by atoms with Gasteiger partial charge in [0.2, 0.25) is 5.91 Å². The Labute approximate surface area is 209 Å². The molecule has 1 aromatic heterocycles. The summed E-state index contributed by atoms with van der Waals surface area (Å²) in [4.78, 5) is 29.4. The van der Waals surface area contributed by atoms with Crippen LogP contribution in [-0.4, -0.2) is 21.1 Å². The Hall–Kier alpha value is -2.02. The number of nitrogens with zero attached hydrogens (tertiary/aromatic N) is 1. The third kappa shape index (κ3) is 4.82. The number of halogens is 5. The lowest BCUT2D eigenvalue weighted by Gasteiger charge is -2.10. The van der Waals surface area contributed by atoms with Gasteiger partial charge in [0.25, 0.3) is 5.91 Å². The van der Waals surface area contributed by atoms with E-state index in [9.17, 15) is 9.59 Å². The molecule has 0 bridgehead atoms. The number of hydrogen-bond donors (Lipinski definition) is 2. The predicted octanol–water partition coefficient (Wildman–Crippen LogP) is 6.82. The van der Waals surface area contributed by atoms with Gasteiger partial charge in [-0.05, 0) is 54.1 Å². The molecule has 1 saturated carbocycles. The molecule has 2 atom stereocenters. The summed E-state index contributed by atoms with van der Waals surface area (Å²) in [6.07, 6.45) is 3.11. The van der Waals surface area contributed by atoms with Crippen LogP contribution in [0.4, 0.5) is 11.4 Å². The number of nitrogens with one attached hydrogen (secondary N) is 2. The van der Waals surface area contributed by atoms with Gasteiger partial charge in [-0.2, -0.15) is 0 Å². The fourth-order valence-electron chi connectivity index (χ4n) is 3.45. The molecule has 10 heteroatoms. The molecule has 5 nitrogen and oxygen atoms in total. The second kappa shape index (κ2) is 9.08. The van der Waals surface area contributed by atoms with Crippen LogP contribution in [0.15, 0.2) is 60.9 Å². The summed E-state index contributed by atoms with van der Waals surface area (Å²) in [6, 6.07) is 12.8. The zero-order chi connectivity index (χ0) is 23.0. The summed E-state index contributed by atoms with van der Waals surface area (Å²) < 4.78 is -1.31. The van der Waals surface area contributed by atoms with Crippen LogP contribution < -0.4 is 10.6 Å². The lowest BCUT2D eigenvalue weighted by molar-refractivity contribution is -0.117. The SMILES string of the molecule is O=C(Nc1ccncc1)c1cc(NC(=O)[C@H]2[C@H](c3cc(Cl)cc(Cl)c3)C2(Cl)Cl)ccc1Cl. The van der Waals surface area contributed by atoms with Gasteiger partial charge in [0.05, 0.1) is 16.5 Å². The minimum atomic E-state index is -1.31. The van der Waals surface area contributed by atoms with Crippen molar-refractivity contribution in [2.24, 2.45) is 5.92 Å². The maximum atomic E-state index is 12.9. The summed E-state index contributed by atoms with van der Waals surface area (Å²) in [7, 11) is 0. The molecular formula is C22H14Cl5N3O2. The summed E-state index contributed by atoms with van der Waals surface area (Å²) in [5.74, 6) is -2.05. The van der Waals surface area contributed by atoms with Crippen molar-refractivity contribution in [3.8, 4) is 0 Å². The van der Waals surface area contributed by atoms with Crippen LogP contribution in [0.1, 0.15) is 21.8 Å². The monoisotopic (exact) mass is 527 g/mol. The van der Waals surface area contributed by atoms with E-state index < -0.39 is 28.0 Å². The van der Waals surface area contributed by atoms with Gasteiger partial charge >= 0.3 is 0 Å². The first-order valence-electron chi connectivity index (χ1n) is 9.32. The highest BCUT2D eigenvalue weighted by Gasteiger charge is 2.67. The van der Waals surface area contributed by atoms with E-state index in [0.717, 1.165) is 0 Å². The van der Waals surface area contributed by atoms with Crippen LogP contribution in [0.25, 0.3) is 0 Å². The maximum absolute atomic E-state index is 12.9. The number of hydrogen-bond acceptors (Lipinski definition) is 3. The Kier molecular flexibility index (Phi) is 6.57. The van der Waals surface area contributed by atoms with Gasteiger partial charge in [0.15, 0.2) is 0 Å². The van der Waals surface area contributed by atoms with E-state index in [2.05, 4.69) is 15.6 Å². The lowest BCUT2D eigenvalue weighted by atomic mass is 10.1. The molecule has 4 rings (SSSR count). The van der Waals surface area contributed by atoms with Gasteiger partial charge in [-0.25, -0.2) is 0 Å². The minimum Gasteiger partial charge on any atom is -0.326 e. The van der Waals surface area contributed by atoms with E-state index in [1.54, 1.807) is 48.8 Å². The quantitative estimate of drug-likeness (QED) is 0.356. The standard InChI is InChI=1S/C22H14Cl5N3O2/c23-12-7-11(8-13(24)9-12)18-19(22(18,26)27)21(32)30-15-1-2-17(25)16(10-15)20(31)29-14-3-5-28-6-4-14/h1-10,18-19H,(H,30,32)(H,28,29,31)/t18-,19+/m0/s1. The summed E-state index contributed by atoms with van der Waals surface area (Å²) in [5, 5.41) is 6.55. The molecule has 1 fully saturated rings. The van der Waals surface area contributed by atoms with Gasteiger partial charge in [-0.1, -0.05) is 34.8 Å². The smallest absolute Gasteiger partial charge is 0.257 e. The number of amides is 2. The number of carbonyl (C=O) groups excluding carboxylic acids is 2. The van der Waals surface area contributed by atoms with Crippen LogP contribution in [0.2, 0.25) is 15.1 Å². The second-order valence-electron chi connectivity index (χ2n) is 7.21. The van der Waals surface area contributed by atoms with Crippen molar-refractivity contribution in [3.05, 3.63) is 87.1 Å². The number of alkyl halides is 2. The molecule has 0 saturated heterocycles. The van der Waals surface area contributed by atoms with Crippen molar-refractivity contribution in [1.82, 2.24) is 4.98 Å². The Bertz CT molecular complexity index is 1180. The second-order valence-corrected chi connectivity index (χ2v) is 9.93.